The second-order valence-corrected chi connectivity index (χ2v) is 7.75. The SMILES string of the molecule is O=C(Nn1c(O)c2c(c1O)C1C=CC2C12CC2)c1cccc(Br)c1. The fourth-order valence-electron chi connectivity index (χ4n) is 4.43. The van der Waals surface area contributed by atoms with Crippen LogP contribution in [0.25, 0.3) is 0 Å². The lowest BCUT2D eigenvalue weighted by atomic mass is 9.90. The van der Waals surface area contributed by atoms with Gasteiger partial charge in [0.2, 0.25) is 11.8 Å². The quantitative estimate of drug-likeness (QED) is 0.690. The van der Waals surface area contributed by atoms with Gasteiger partial charge in [-0.15, -0.1) is 0 Å². The van der Waals surface area contributed by atoms with Crippen molar-refractivity contribution in [3.05, 3.63) is 57.6 Å². The van der Waals surface area contributed by atoms with Crippen molar-refractivity contribution in [1.82, 2.24) is 4.68 Å². The summed E-state index contributed by atoms with van der Waals surface area (Å²) in [7, 11) is 0. The minimum absolute atomic E-state index is 0.0611. The van der Waals surface area contributed by atoms with E-state index in [2.05, 4.69) is 33.5 Å². The summed E-state index contributed by atoms with van der Waals surface area (Å²) < 4.78 is 1.90. The van der Waals surface area contributed by atoms with Crippen LogP contribution in [0.15, 0.2) is 40.9 Å². The molecule has 2 bridgehead atoms. The molecule has 1 heterocycles. The number of carbonyl (C=O) groups excluding carboxylic acids is 1. The summed E-state index contributed by atoms with van der Waals surface area (Å²) in [6, 6.07) is 6.95. The van der Waals surface area contributed by atoms with Crippen molar-refractivity contribution in [2.24, 2.45) is 5.41 Å². The molecule has 24 heavy (non-hydrogen) atoms. The van der Waals surface area contributed by atoms with E-state index in [9.17, 15) is 15.0 Å². The second-order valence-electron chi connectivity index (χ2n) is 6.83. The van der Waals surface area contributed by atoms with E-state index in [0.29, 0.717) is 5.56 Å². The number of benzene rings is 1. The number of nitrogens with one attached hydrogen (secondary N) is 1. The Hall–Kier alpha value is -2.21. The molecule has 2 atom stereocenters. The molecule has 0 aliphatic heterocycles. The Bertz CT molecular complexity index is 887. The summed E-state index contributed by atoms with van der Waals surface area (Å²) in [5.41, 5.74) is 4.75. The monoisotopic (exact) mass is 386 g/mol. The highest BCUT2D eigenvalue weighted by Crippen LogP contribution is 2.75. The third-order valence-corrected chi connectivity index (χ3v) is 6.17. The number of aromatic hydroxyl groups is 2. The van der Waals surface area contributed by atoms with Crippen LogP contribution in [0.3, 0.4) is 0 Å². The van der Waals surface area contributed by atoms with Crippen molar-refractivity contribution in [3.63, 3.8) is 0 Å². The van der Waals surface area contributed by atoms with Gasteiger partial charge in [0, 0.05) is 33.0 Å². The summed E-state index contributed by atoms with van der Waals surface area (Å²) in [6.45, 7) is 0. The Labute approximate surface area is 146 Å². The zero-order valence-electron chi connectivity index (χ0n) is 12.7. The van der Waals surface area contributed by atoms with Crippen LogP contribution in [0.4, 0.5) is 0 Å². The molecule has 5 nitrogen and oxygen atoms in total. The molecular formula is C18H15BrN2O3. The van der Waals surface area contributed by atoms with E-state index in [0.717, 1.165) is 33.1 Å². The van der Waals surface area contributed by atoms with E-state index < -0.39 is 5.91 Å². The molecular weight excluding hydrogens is 372 g/mol. The fourth-order valence-corrected chi connectivity index (χ4v) is 4.83. The average Bonchev–Trinajstić information content (AvgIpc) is 3.17. The molecule has 5 rings (SSSR count). The molecule has 3 aliphatic carbocycles. The van der Waals surface area contributed by atoms with E-state index in [-0.39, 0.29) is 29.0 Å². The number of nitrogens with zero attached hydrogens (tertiary/aromatic N) is 1. The Kier molecular flexibility index (Phi) is 2.62. The molecule has 2 aromatic rings. The van der Waals surface area contributed by atoms with Crippen LogP contribution in [0.2, 0.25) is 0 Å². The molecule has 1 saturated carbocycles. The number of hydrogen-bond acceptors (Lipinski definition) is 3. The first kappa shape index (κ1) is 14.2. The van der Waals surface area contributed by atoms with E-state index in [1.165, 1.54) is 0 Å². The molecule has 6 heteroatoms. The standard InChI is InChI=1S/C18H15BrN2O3/c19-10-3-1-2-9(8-10)15(22)20-21-16(23)13-11-4-5-12(14(13)17(21)24)18(11)6-7-18/h1-5,8,11-12,23-24H,6-7H2,(H,20,22). The van der Waals surface area contributed by atoms with E-state index in [1.807, 2.05) is 6.07 Å². The molecule has 1 fully saturated rings. The molecule has 1 spiro atoms. The van der Waals surface area contributed by atoms with Gasteiger partial charge in [0.25, 0.3) is 5.91 Å². The number of hydrogen-bond donors (Lipinski definition) is 3. The van der Waals surface area contributed by atoms with Gasteiger partial charge >= 0.3 is 0 Å². The summed E-state index contributed by atoms with van der Waals surface area (Å²) >= 11 is 3.33. The van der Waals surface area contributed by atoms with Crippen LogP contribution in [-0.2, 0) is 0 Å². The maximum Gasteiger partial charge on any atom is 0.270 e. The number of fused-ring (bicyclic) bond motifs is 3. The smallest absolute Gasteiger partial charge is 0.270 e. The maximum atomic E-state index is 12.4. The number of allylic oxidation sites excluding steroid dienone is 2. The number of aromatic nitrogens is 1. The molecule has 0 radical (unpaired) electrons. The van der Waals surface area contributed by atoms with Crippen LogP contribution in [0, 0.1) is 5.41 Å². The predicted octanol–water partition coefficient (Wildman–Crippen LogP) is 3.58. The number of rotatable bonds is 2. The van der Waals surface area contributed by atoms with Crippen molar-refractivity contribution in [2.45, 2.75) is 24.7 Å². The molecule has 1 aromatic carbocycles. The van der Waals surface area contributed by atoms with Gasteiger partial charge in [-0.25, -0.2) is 0 Å². The molecule has 122 valence electrons. The van der Waals surface area contributed by atoms with Gasteiger partial charge in [-0.1, -0.05) is 34.1 Å². The van der Waals surface area contributed by atoms with Crippen LogP contribution in [-0.4, -0.2) is 20.8 Å². The average molecular weight is 387 g/mol. The normalized spacial score (nSPS) is 24.4. The molecule has 3 aliphatic rings. The van der Waals surface area contributed by atoms with Gasteiger partial charge < -0.3 is 10.2 Å². The molecule has 1 amide bonds. The highest BCUT2D eigenvalue weighted by atomic mass is 79.9. The van der Waals surface area contributed by atoms with Crippen molar-refractivity contribution in [1.29, 1.82) is 0 Å². The van der Waals surface area contributed by atoms with Crippen LogP contribution >= 0.6 is 15.9 Å². The second kappa shape index (κ2) is 4.45. The summed E-state index contributed by atoms with van der Waals surface area (Å²) in [5, 5.41) is 21.2. The topological polar surface area (TPSA) is 74.5 Å². The first-order valence-corrected chi connectivity index (χ1v) is 8.74. The third kappa shape index (κ3) is 1.61. The lowest BCUT2D eigenvalue weighted by Crippen LogP contribution is -2.22. The van der Waals surface area contributed by atoms with E-state index in [4.69, 9.17) is 0 Å². The van der Waals surface area contributed by atoms with Crippen molar-refractivity contribution in [3.8, 4) is 11.8 Å². The van der Waals surface area contributed by atoms with Crippen molar-refractivity contribution in [2.75, 3.05) is 5.43 Å². The zero-order valence-corrected chi connectivity index (χ0v) is 14.2. The van der Waals surface area contributed by atoms with Crippen molar-refractivity contribution >= 4 is 21.8 Å². The lowest BCUT2D eigenvalue weighted by Gasteiger charge is -2.17. The summed E-state index contributed by atoms with van der Waals surface area (Å²) in [6.07, 6.45) is 6.49. The van der Waals surface area contributed by atoms with Crippen LogP contribution < -0.4 is 5.43 Å². The lowest BCUT2D eigenvalue weighted by molar-refractivity contribution is 0.100. The molecule has 2 unspecified atom stereocenters. The van der Waals surface area contributed by atoms with Crippen molar-refractivity contribution < 1.29 is 15.0 Å². The molecule has 1 aromatic heterocycles. The van der Waals surface area contributed by atoms with Gasteiger partial charge in [-0.2, -0.15) is 4.68 Å². The number of carbonyl (C=O) groups is 1. The first-order chi connectivity index (χ1) is 11.5. The summed E-state index contributed by atoms with van der Waals surface area (Å²) in [4.78, 5) is 12.4. The Morgan fingerprint density at radius 1 is 1.17 bits per heavy atom. The van der Waals surface area contributed by atoms with Crippen LogP contribution in [0.5, 0.6) is 11.8 Å². The highest BCUT2D eigenvalue weighted by molar-refractivity contribution is 9.10. The Balaban J connectivity index is 1.52. The van der Waals surface area contributed by atoms with Gasteiger partial charge in [0.1, 0.15) is 0 Å². The van der Waals surface area contributed by atoms with Gasteiger partial charge in [-0.3, -0.25) is 10.2 Å². The largest absolute Gasteiger partial charge is 0.493 e. The Morgan fingerprint density at radius 3 is 2.33 bits per heavy atom. The van der Waals surface area contributed by atoms with Gasteiger partial charge in [0.05, 0.1) is 0 Å². The zero-order chi connectivity index (χ0) is 16.6. The van der Waals surface area contributed by atoms with Gasteiger partial charge in [0.15, 0.2) is 0 Å². The minimum Gasteiger partial charge on any atom is -0.493 e. The van der Waals surface area contributed by atoms with Gasteiger partial charge in [-0.05, 0) is 36.5 Å². The fraction of sp³-hybridized carbons (Fsp3) is 0.278. The molecule has 3 N–H and O–H groups in total. The first-order valence-electron chi connectivity index (χ1n) is 7.94. The highest BCUT2D eigenvalue weighted by Gasteiger charge is 2.64. The maximum absolute atomic E-state index is 12.4. The third-order valence-electron chi connectivity index (χ3n) is 5.68. The molecule has 0 saturated heterocycles. The van der Waals surface area contributed by atoms with E-state index >= 15 is 0 Å². The summed E-state index contributed by atoms with van der Waals surface area (Å²) in [5.74, 6) is -0.222. The number of halogens is 1. The minimum atomic E-state index is -0.392. The number of amides is 1. The van der Waals surface area contributed by atoms with E-state index in [1.54, 1.807) is 18.2 Å². The Morgan fingerprint density at radius 2 is 1.79 bits per heavy atom. The van der Waals surface area contributed by atoms with Crippen LogP contribution in [0.1, 0.15) is 46.2 Å². The predicted molar refractivity (Wildman–Crippen MR) is 91.9 cm³/mol.